The Balaban J connectivity index is 2.64. The topological polar surface area (TPSA) is 44.2 Å². The quantitative estimate of drug-likeness (QED) is 0.798. The number of ether oxygens (including phenoxy) is 2. The summed E-state index contributed by atoms with van der Waals surface area (Å²) >= 11 is 5.96. The van der Waals surface area contributed by atoms with Crippen LogP contribution in [0, 0.1) is 0 Å². The number of hydrogen-bond acceptors (Lipinski definition) is 4. The monoisotopic (exact) mass is 266 g/mol. The minimum atomic E-state index is 0.231. The summed E-state index contributed by atoms with van der Waals surface area (Å²) in [7, 11) is 3.28. The second kappa shape index (κ2) is 5.50. The molecule has 2 rings (SSSR count). The number of pyridine rings is 2. The third kappa shape index (κ3) is 2.40. The zero-order valence-corrected chi connectivity index (χ0v) is 11.4. The summed E-state index contributed by atoms with van der Waals surface area (Å²) in [6.45, 7) is 2.71. The molecule has 0 bridgehead atoms. The Morgan fingerprint density at radius 1 is 1.22 bits per heavy atom. The van der Waals surface area contributed by atoms with Crippen molar-refractivity contribution in [3.05, 3.63) is 29.2 Å². The van der Waals surface area contributed by atoms with Crippen LogP contribution in [0.3, 0.4) is 0 Å². The van der Waals surface area contributed by atoms with Crippen molar-refractivity contribution in [3.63, 3.8) is 0 Å². The van der Waals surface area contributed by atoms with Gasteiger partial charge in [-0.3, -0.25) is 0 Å². The van der Waals surface area contributed by atoms with Gasteiger partial charge in [-0.25, -0.2) is 9.97 Å². The first-order chi connectivity index (χ1) is 8.67. The van der Waals surface area contributed by atoms with E-state index in [0.29, 0.717) is 17.6 Å². The van der Waals surface area contributed by atoms with Crippen molar-refractivity contribution >= 4 is 22.4 Å². The van der Waals surface area contributed by atoms with Gasteiger partial charge in [-0.15, -0.1) is 0 Å². The Bertz CT molecular complexity index is 560. The molecule has 2 aromatic rings. The van der Waals surface area contributed by atoms with Gasteiger partial charge in [0, 0.05) is 25.4 Å². The van der Waals surface area contributed by atoms with Crippen molar-refractivity contribution in [2.45, 2.75) is 12.8 Å². The number of nitrogens with zero attached hydrogens (tertiary/aromatic N) is 2. The van der Waals surface area contributed by atoms with Crippen LogP contribution in [0.15, 0.2) is 18.5 Å². The minimum Gasteiger partial charge on any atom is -0.481 e. The molecule has 0 aromatic carbocycles. The number of fused-ring (bicyclic) bond motifs is 1. The van der Waals surface area contributed by atoms with Gasteiger partial charge in [0.1, 0.15) is 5.15 Å². The summed E-state index contributed by atoms with van der Waals surface area (Å²) in [5, 5.41) is 2.33. The fourth-order valence-corrected chi connectivity index (χ4v) is 2.16. The third-order valence-corrected chi connectivity index (χ3v) is 3.08. The molecule has 0 saturated heterocycles. The third-order valence-electron chi connectivity index (χ3n) is 2.87. The van der Waals surface area contributed by atoms with Crippen LogP contribution >= 0.6 is 11.6 Å². The number of hydrogen-bond donors (Lipinski definition) is 0. The Labute approximate surface area is 111 Å². The minimum absolute atomic E-state index is 0.231. The number of aromatic nitrogens is 2. The van der Waals surface area contributed by atoms with E-state index in [1.54, 1.807) is 26.6 Å². The highest BCUT2D eigenvalue weighted by molar-refractivity contribution is 6.30. The average molecular weight is 267 g/mol. The van der Waals surface area contributed by atoms with E-state index in [-0.39, 0.29) is 5.92 Å². The maximum absolute atomic E-state index is 5.96. The molecule has 0 radical (unpaired) electrons. The lowest BCUT2D eigenvalue weighted by molar-refractivity contribution is 0.184. The van der Waals surface area contributed by atoms with E-state index in [1.165, 1.54) is 0 Å². The van der Waals surface area contributed by atoms with E-state index >= 15 is 0 Å². The molecule has 0 spiro atoms. The SMILES string of the molecule is COCC(C)c1cnc(OC)c2cnc(Cl)cc12. The molecule has 5 heteroatoms. The van der Waals surface area contributed by atoms with Crippen LogP contribution in [-0.2, 0) is 4.74 Å². The van der Waals surface area contributed by atoms with E-state index in [9.17, 15) is 0 Å². The molecule has 0 fully saturated rings. The predicted octanol–water partition coefficient (Wildman–Crippen LogP) is 3.04. The number of rotatable bonds is 4. The molecular weight excluding hydrogens is 252 g/mol. The molecule has 2 aromatic heterocycles. The molecule has 1 unspecified atom stereocenters. The predicted molar refractivity (Wildman–Crippen MR) is 71.4 cm³/mol. The van der Waals surface area contributed by atoms with Gasteiger partial charge in [-0.1, -0.05) is 18.5 Å². The maximum atomic E-state index is 5.96. The lowest BCUT2D eigenvalue weighted by Crippen LogP contribution is -2.04. The standard InChI is InChI=1S/C13H15ClN2O2/c1-8(7-17-2)10-5-16-13(18-3)11-6-15-12(14)4-9(10)11/h4-6,8H,7H2,1-3H3. The number of halogens is 1. The first kappa shape index (κ1) is 13.1. The maximum Gasteiger partial charge on any atom is 0.222 e. The van der Waals surface area contributed by atoms with Crippen LogP contribution in [0.25, 0.3) is 10.8 Å². The van der Waals surface area contributed by atoms with Crippen molar-refractivity contribution in [3.8, 4) is 5.88 Å². The summed E-state index contributed by atoms with van der Waals surface area (Å²) < 4.78 is 10.4. The van der Waals surface area contributed by atoms with Crippen molar-refractivity contribution in [2.24, 2.45) is 0 Å². The van der Waals surface area contributed by atoms with E-state index in [0.717, 1.165) is 16.3 Å². The van der Waals surface area contributed by atoms with Crippen LogP contribution in [0.5, 0.6) is 5.88 Å². The molecule has 0 aliphatic carbocycles. The van der Waals surface area contributed by atoms with Gasteiger partial charge in [0.15, 0.2) is 0 Å². The van der Waals surface area contributed by atoms with Gasteiger partial charge in [-0.2, -0.15) is 0 Å². The van der Waals surface area contributed by atoms with Gasteiger partial charge in [0.25, 0.3) is 0 Å². The van der Waals surface area contributed by atoms with Gasteiger partial charge in [0.05, 0.1) is 19.1 Å². The van der Waals surface area contributed by atoms with Gasteiger partial charge >= 0.3 is 0 Å². The van der Waals surface area contributed by atoms with Crippen molar-refractivity contribution < 1.29 is 9.47 Å². The molecule has 0 aliphatic rings. The highest BCUT2D eigenvalue weighted by Crippen LogP contribution is 2.31. The smallest absolute Gasteiger partial charge is 0.222 e. The Kier molecular flexibility index (Phi) is 3.99. The molecule has 0 saturated carbocycles. The molecule has 2 heterocycles. The zero-order chi connectivity index (χ0) is 13.1. The second-order valence-electron chi connectivity index (χ2n) is 4.13. The normalized spacial score (nSPS) is 12.7. The Morgan fingerprint density at radius 2 is 2.00 bits per heavy atom. The van der Waals surface area contributed by atoms with Crippen LogP contribution in [0.4, 0.5) is 0 Å². The van der Waals surface area contributed by atoms with Gasteiger partial charge in [-0.05, 0) is 17.0 Å². The van der Waals surface area contributed by atoms with E-state index < -0.39 is 0 Å². The first-order valence-corrected chi connectivity index (χ1v) is 6.02. The van der Waals surface area contributed by atoms with E-state index in [4.69, 9.17) is 21.1 Å². The lowest BCUT2D eigenvalue weighted by Gasteiger charge is -2.14. The van der Waals surface area contributed by atoms with Crippen molar-refractivity contribution in [1.82, 2.24) is 9.97 Å². The molecule has 4 nitrogen and oxygen atoms in total. The molecular formula is C13H15ClN2O2. The van der Waals surface area contributed by atoms with E-state index in [2.05, 4.69) is 16.9 Å². The lowest BCUT2D eigenvalue weighted by atomic mass is 9.99. The summed E-state index contributed by atoms with van der Waals surface area (Å²) in [5.41, 5.74) is 1.08. The van der Waals surface area contributed by atoms with Crippen LogP contribution in [0.2, 0.25) is 5.15 Å². The zero-order valence-electron chi connectivity index (χ0n) is 10.6. The van der Waals surface area contributed by atoms with Gasteiger partial charge in [0.2, 0.25) is 5.88 Å². The van der Waals surface area contributed by atoms with Crippen LogP contribution < -0.4 is 4.74 Å². The van der Waals surface area contributed by atoms with Crippen molar-refractivity contribution in [1.29, 1.82) is 0 Å². The Hall–Kier alpha value is -1.39. The average Bonchev–Trinajstić information content (AvgIpc) is 2.37. The summed E-state index contributed by atoms with van der Waals surface area (Å²) in [6.07, 6.45) is 3.49. The largest absolute Gasteiger partial charge is 0.481 e. The Morgan fingerprint density at radius 3 is 2.67 bits per heavy atom. The van der Waals surface area contributed by atoms with Crippen LogP contribution in [0.1, 0.15) is 18.4 Å². The molecule has 96 valence electrons. The molecule has 0 amide bonds. The molecule has 0 N–H and O–H groups in total. The summed E-state index contributed by atoms with van der Waals surface area (Å²) in [6, 6.07) is 1.84. The highest BCUT2D eigenvalue weighted by atomic mass is 35.5. The first-order valence-electron chi connectivity index (χ1n) is 5.64. The van der Waals surface area contributed by atoms with Crippen LogP contribution in [-0.4, -0.2) is 30.8 Å². The molecule has 18 heavy (non-hydrogen) atoms. The second-order valence-corrected chi connectivity index (χ2v) is 4.52. The van der Waals surface area contributed by atoms with Crippen molar-refractivity contribution in [2.75, 3.05) is 20.8 Å². The molecule has 1 atom stereocenters. The number of methoxy groups -OCH3 is 2. The summed E-state index contributed by atoms with van der Waals surface area (Å²) in [4.78, 5) is 8.37. The highest BCUT2D eigenvalue weighted by Gasteiger charge is 2.14. The van der Waals surface area contributed by atoms with Gasteiger partial charge < -0.3 is 9.47 Å². The fraction of sp³-hybridized carbons (Fsp3) is 0.385. The van der Waals surface area contributed by atoms with E-state index in [1.807, 2.05) is 6.07 Å². The molecule has 0 aliphatic heterocycles. The summed E-state index contributed by atoms with van der Waals surface area (Å²) in [5.74, 6) is 0.789. The fourth-order valence-electron chi connectivity index (χ4n) is 2.00.